The molecule has 0 bridgehead atoms. The van der Waals surface area contributed by atoms with Crippen LogP contribution in [0.2, 0.25) is 0 Å². The Bertz CT molecular complexity index is 766. The zero-order chi connectivity index (χ0) is 17.7. The highest BCUT2D eigenvalue weighted by Gasteiger charge is 2.35. The molecule has 0 radical (unpaired) electrons. The van der Waals surface area contributed by atoms with Gasteiger partial charge < -0.3 is 14.8 Å². The van der Waals surface area contributed by atoms with Gasteiger partial charge in [0, 0.05) is 0 Å². The number of esters is 1. The van der Waals surface area contributed by atoms with Crippen LogP contribution in [0.1, 0.15) is 5.56 Å². The number of halogens is 1. The molecule has 1 heterocycles. The number of carbonyl (C=O) groups is 3. The van der Waals surface area contributed by atoms with Crippen molar-refractivity contribution in [1.29, 1.82) is 0 Å². The van der Waals surface area contributed by atoms with E-state index in [1.54, 1.807) is 18.2 Å². The van der Waals surface area contributed by atoms with E-state index in [1.807, 2.05) is 0 Å². The van der Waals surface area contributed by atoms with Gasteiger partial charge in [0.2, 0.25) is 0 Å². The molecule has 8 heteroatoms. The lowest BCUT2D eigenvalue weighted by Gasteiger charge is -2.09. The van der Waals surface area contributed by atoms with Crippen LogP contribution in [0.3, 0.4) is 0 Å². The number of amides is 3. The Morgan fingerprint density at radius 1 is 1.46 bits per heavy atom. The molecule has 1 N–H and O–H groups in total. The fourth-order valence-corrected chi connectivity index (χ4v) is 2.43. The monoisotopic (exact) mass is 392 g/mol. The highest BCUT2D eigenvalue weighted by molar-refractivity contribution is 9.10. The van der Waals surface area contributed by atoms with Crippen molar-refractivity contribution in [3.63, 3.8) is 0 Å². The molecule has 0 aliphatic carbocycles. The molecule has 24 heavy (non-hydrogen) atoms. The Morgan fingerprint density at radius 3 is 2.83 bits per heavy atom. The number of hydrogen-bond acceptors (Lipinski definition) is 5. The number of nitrogens with one attached hydrogen (secondary N) is 1. The second-order valence-corrected chi connectivity index (χ2v) is 5.49. The second-order valence-electron chi connectivity index (χ2n) is 4.64. The Morgan fingerprint density at radius 2 is 2.21 bits per heavy atom. The molecule has 1 aromatic carbocycles. The Balaban J connectivity index is 2.18. The summed E-state index contributed by atoms with van der Waals surface area (Å²) in [6.07, 6.45) is 6.63. The molecular formula is C16H13BrN2O5. The van der Waals surface area contributed by atoms with Crippen LogP contribution in [-0.4, -0.2) is 43.1 Å². The van der Waals surface area contributed by atoms with Gasteiger partial charge in [-0.15, -0.1) is 6.42 Å². The lowest BCUT2D eigenvalue weighted by atomic mass is 10.2. The topological polar surface area (TPSA) is 84.9 Å². The lowest BCUT2D eigenvalue weighted by molar-refractivity contribution is -0.143. The Hall–Kier alpha value is -2.79. The largest absolute Gasteiger partial charge is 0.480 e. The minimum atomic E-state index is -0.683. The van der Waals surface area contributed by atoms with Crippen molar-refractivity contribution in [2.75, 3.05) is 20.3 Å². The number of methoxy groups -OCH3 is 1. The van der Waals surface area contributed by atoms with Gasteiger partial charge >= 0.3 is 12.0 Å². The smallest absolute Gasteiger partial charge is 0.329 e. The van der Waals surface area contributed by atoms with Crippen LogP contribution in [0.4, 0.5) is 4.79 Å². The van der Waals surface area contributed by atoms with Crippen LogP contribution in [0.25, 0.3) is 6.08 Å². The number of terminal acetylenes is 1. The average molecular weight is 393 g/mol. The molecule has 0 atom stereocenters. The summed E-state index contributed by atoms with van der Waals surface area (Å²) in [7, 11) is 1.18. The molecule has 0 unspecified atom stereocenters. The van der Waals surface area contributed by atoms with Crippen molar-refractivity contribution in [2.24, 2.45) is 0 Å². The van der Waals surface area contributed by atoms with Crippen molar-refractivity contribution < 1.29 is 23.9 Å². The zero-order valence-corrected chi connectivity index (χ0v) is 14.3. The summed E-state index contributed by atoms with van der Waals surface area (Å²) in [6.45, 7) is -0.308. The molecule has 2 rings (SSSR count). The van der Waals surface area contributed by atoms with E-state index in [4.69, 9.17) is 11.2 Å². The van der Waals surface area contributed by atoms with E-state index in [0.717, 1.165) is 4.90 Å². The first kappa shape index (κ1) is 17.6. The second kappa shape index (κ2) is 7.66. The van der Waals surface area contributed by atoms with Crippen LogP contribution in [0, 0.1) is 12.3 Å². The van der Waals surface area contributed by atoms with E-state index in [1.165, 1.54) is 13.2 Å². The minimum absolute atomic E-state index is 0.0631. The highest BCUT2D eigenvalue weighted by Crippen LogP contribution is 2.27. The SMILES string of the molecule is C#CCOc1ccc(/C=C2/NC(=O)N(CC(=O)OC)C2=O)cc1Br. The lowest BCUT2D eigenvalue weighted by Crippen LogP contribution is -2.36. The van der Waals surface area contributed by atoms with E-state index >= 15 is 0 Å². The standard InChI is InChI=1S/C16H13BrN2O5/c1-3-6-24-13-5-4-10(7-11(13)17)8-12-15(21)19(16(22)18-12)9-14(20)23-2/h1,4-5,7-8H,6,9H2,2H3,(H,18,22)/b12-8+. The van der Waals surface area contributed by atoms with Gasteiger partial charge in [0.05, 0.1) is 11.6 Å². The first-order valence-electron chi connectivity index (χ1n) is 6.73. The quantitative estimate of drug-likeness (QED) is 0.355. The van der Waals surface area contributed by atoms with E-state index in [0.29, 0.717) is 15.8 Å². The molecule has 0 saturated carbocycles. The van der Waals surface area contributed by atoms with Crippen molar-refractivity contribution in [3.05, 3.63) is 33.9 Å². The predicted octanol–water partition coefficient (Wildman–Crippen LogP) is 1.53. The molecule has 1 aromatic rings. The number of rotatable bonds is 5. The zero-order valence-electron chi connectivity index (χ0n) is 12.7. The molecule has 3 amide bonds. The number of urea groups is 1. The summed E-state index contributed by atoms with van der Waals surface area (Å²) in [5, 5.41) is 2.42. The van der Waals surface area contributed by atoms with Crippen molar-refractivity contribution in [3.8, 4) is 18.1 Å². The van der Waals surface area contributed by atoms with Gasteiger partial charge in [-0.05, 0) is 39.7 Å². The number of benzene rings is 1. The third-order valence-electron chi connectivity index (χ3n) is 3.06. The van der Waals surface area contributed by atoms with Crippen LogP contribution in [0.5, 0.6) is 5.75 Å². The molecule has 1 aliphatic rings. The van der Waals surface area contributed by atoms with Crippen molar-refractivity contribution in [2.45, 2.75) is 0 Å². The van der Waals surface area contributed by atoms with E-state index < -0.39 is 24.5 Å². The minimum Gasteiger partial charge on any atom is -0.480 e. The fraction of sp³-hybridized carbons (Fsp3) is 0.188. The average Bonchev–Trinajstić information content (AvgIpc) is 2.81. The van der Waals surface area contributed by atoms with Crippen LogP contribution < -0.4 is 10.1 Å². The number of carbonyl (C=O) groups excluding carboxylic acids is 3. The first-order valence-corrected chi connectivity index (χ1v) is 7.52. The summed E-state index contributed by atoms with van der Waals surface area (Å²) < 4.78 is 10.4. The predicted molar refractivity (Wildman–Crippen MR) is 88.7 cm³/mol. The van der Waals surface area contributed by atoms with Gasteiger partial charge in [0.15, 0.2) is 0 Å². The third kappa shape index (κ3) is 3.94. The maximum absolute atomic E-state index is 12.2. The molecule has 0 aromatic heterocycles. The van der Waals surface area contributed by atoms with Gasteiger partial charge in [0.1, 0.15) is 24.6 Å². The van der Waals surface area contributed by atoms with E-state index in [2.05, 4.69) is 31.9 Å². The number of imide groups is 1. The molecule has 7 nitrogen and oxygen atoms in total. The maximum atomic E-state index is 12.2. The number of nitrogens with zero attached hydrogens (tertiary/aromatic N) is 1. The number of ether oxygens (including phenoxy) is 2. The summed E-state index contributed by atoms with van der Waals surface area (Å²) >= 11 is 3.34. The van der Waals surface area contributed by atoms with Crippen molar-refractivity contribution in [1.82, 2.24) is 10.2 Å². The molecule has 124 valence electrons. The third-order valence-corrected chi connectivity index (χ3v) is 3.67. The van der Waals surface area contributed by atoms with Gasteiger partial charge in [0.25, 0.3) is 5.91 Å². The molecule has 1 saturated heterocycles. The van der Waals surface area contributed by atoms with Gasteiger partial charge in [-0.25, -0.2) is 9.69 Å². The van der Waals surface area contributed by atoms with Crippen LogP contribution in [0.15, 0.2) is 28.4 Å². The molecule has 0 spiro atoms. The van der Waals surface area contributed by atoms with E-state index in [-0.39, 0.29) is 12.3 Å². The van der Waals surface area contributed by atoms with Gasteiger partial charge in [-0.3, -0.25) is 9.59 Å². The maximum Gasteiger partial charge on any atom is 0.329 e. The summed E-state index contributed by atoms with van der Waals surface area (Å²) in [5.74, 6) is 1.64. The normalized spacial score (nSPS) is 15.2. The van der Waals surface area contributed by atoms with Crippen LogP contribution in [-0.2, 0) is 14.3 Å². The van der Waals surface area contributed by atoms with Gasteiger partial charge in [-0.2, -0.15) is 0 Å². The van der Waals surface area contributed by atoms with Gasteiger partial charge in [-0.1, -0.05) is 12.0 Å². The summed E-state index contributed by atoms with van der Waals surface area (Å²) in [5.41, 5.74) is 0.714. The first-order chi connectivity index (χ1) is 11.5. The highest BCUT2D eigenvalue weighted by atomic mass is 79.9. The van der Waals surface area contributed by atoms with E-state index in [9.17, 15) is 14.4 Å². The summed E-state index contributed by atoms with van der Waals surface area (Å²) in [4.78, 5) is 36.0. The number of hydrogen-bond donors (Lipinski definition) is 1. The Labute approximate surface area is 146 Å². The molecule has 1 fully saturated rings. The fourth-order valence-electron chi connectivity index (χ4n) is 1.92. The van der Waals surface area contributed by atoms with Crippen molar-refractivity contribution >= 4 is 39.9 Å². The molecule has 1 aliphatic heterocycles. The molecular weight excluding hydrogens is 380 g/mol. The Kier molecular flexibility index (Phi) is 5.60. The summed E-state index contributed by atoms with van der Waals surface area (Å²) in [6, 6.07) is 4.42. The van der Waals surface area contributed by atoms with Crippen LogP contribution >= 0.6 is 15.9 Å².